The fourth-order valence-corrected chi connectivity index (χ4v) is 3.88. The smallest absolute Gasteiger partial charge is 0.233 e. The first-order valence-corrected chi connectivity index (χ1v) is 9.60. The fourth-order valence-electron chi connectivity index (χ4n) is 2.35. The molecule has 4 heteroatoms. The third-order valence-electron chi connectivity index (χ3n) is 3.66. The summed E-state index contributed by atoms with van der Waals surface area (Å²) in [6.45, 7) is 2.55. The summed E-state index contributed by atoms with van der Waals surface area (Å²) < 4.78 is 0. The van der Waals surface area contributed by atoms with E-state index >= 15 is 0 Å². The highest BCUT2D eigenvalue weighted by molar-refractivity contribution is 8.00. The van der Waals surface area contributed by atoms with E-state index in [0.717, 1.165) is 4.90 Å². The molecule has 0 aliphatic heterocycles. The third kappa shape index (κ3) is 4.49. The average Bonchev–Trinajstić information content (AvgIpc) is 3.14. The minimum Gasteiger partial charge on any atom is -0.350 e. The topological polar surface area (TPSA) is 29.1 Å². The number of carbonyl (C=O) groups excluding carboxylic acids is 1. The Kier molecular flexibility index (Phi) is 5.72. The fraction of sp³-hybridized carbons (Fsp3) is 0.150. The van der Waals surface area contributed by atoms with E-state index < -0.39 is 0 Å². The number of thiophene rings is 1. The maximum absolute atomic E-state index is 12.2. The molecular weight excluding hydrogens is 334 g/mol. The first-order chi connectivity index (χ1) is 11.7. The van der Waals surface area contributed by atoms with Crippen molar-refractivity contribution in [1.29, 1.82) is 0 Å². The van der Waals surface area contributed by atoms with Gasteiger partial charge in [-0.15, -0.1) is 23.1 Å². The van der Waals surface area contributed by atoms with Gasteiger partial charge in [-0.3, -0.25) is 4.79 Å². The summed E-state index contributed by atoms with van der Waals surface area (Å²) in [6, 6.07) is 22.7. The maximum Gasteiger partial charge on any atom is 0.233 e. The Morgan fingerprint density at radius 3 is 2.38 bits per heavy atom. The van der Waals surface area contributed by atoms with Gasteiger partial charge in [-0.25, -0.2) is 0 Å². The average molecular weight is 354 g/mol. The monoisotopic (exact) mass is 353 g/mol. The number of thioether (sulfide) groups is 1. The molecule has 1 N–H and O–H groups in total. The van der Waals surface area contributed by atoms with E-state index in [2.05, 4.69) is 41.7 Å². The molecule has 0 aliphatic rings. The van der Waals surface area contributed by atoms with Gasteiger partial charge in [0, 0.05) is 9.77 Å². The van der Waals surface area contributed by atoms with Gasteiger partial charge < -0.3 is 5.32 Å². The van der Waals surface area contributed by atoms with Crippen LogP contribution in [0.25, 0.3) is 11.1 Å². The van der Waals surface area contributed by atoms with Crippen molar-refractivity contribution in [2.45, 2.75) is 23.6 Å². The second-order valence-corrected chi connectivity index (χ2v) is 7.89. The van der Waals surface area contributed by atoms with Gasteiger partial charge in [0.05, 0.1) is 11.8 Å². The zero-order valence-electron chi connectivity index (χ0n) is 13.4. The van der Waals surface area contributed by atoms with E-state index in [4.69, 9.17) is 0 Å². The van der Waals surface area contributed by atoms with Gasteiger partial charge in [0.1, 0.15) is 0 Å². The van der Waals surface area contributed by atoms with Crippen LogP contribution in [0.15, 0.2) is 77.0 Å². The minimum atomic E-state index is -0.118. The summed E-state index contributed by atoms with van der Waals surface area (Å²) in [5.41, 5.74) is 2.39. The molecule has 0 saturated heterocycles. The lowest BCUT2D eigenvalue weighted by Crippen LogP contribution is -2.30. The van der Waals surface area contributed by atoms with Crippen molar-refractivity contribution < 1.29 is 4.79 Å². The number of amides is 1. The molecule has 3 aromatic rings. The molecule has 0 saturated carbocycles. The van der Waals surface area contributed by atoms with Crippen molar-refractivity contribution >= 4 is 29.0 Å². The second-order valence-electron chi connectivity index (χ2n) is 5.45. The van der Waals surface area contributed by atoms with E-state index in [9.17, 15) is 4.79 Å². The first kappa shape index (κ1) is 16.8. The number of benzene rings is 2. The molecule has 0 fully saturated rings. The molecule has 1 heterocycles. The van der Waals surface area contributed by atoms with Crippen molar-refractivity contribution in [3.8, 4) is 11.1 Å². The van der Waals surface area contributed by atoms with Gasteiger partial charge in [-0.2, -0.15) is 0 Å². The van der Waals surface area contributed by atoms with Crippen LogP contribution in [-0.2, 0) is 11.3 Å². The van der Waals surface area contributed by atoms with Crippen molar-refractivity contribution in [1.82, 2.24) is 5.32 Å². The predicted octanol–water partition coefficient (Wildman–Crippen LogP) is 5.21. The van der Waals surface area contributed by atoms with Crippen LogP contribution in [0.1, 0.15) is 11.8 Å². The van der Waals surface area contributed by atoms with Crippen LogP contribution in [-0.4, -0.2) is 11.2 Å². The molecule has 1 atom stereocenters. The molecule has 3 rings (SSSR count). The summed E-state index contributed by atoms with van der Waals surface area (Å²) in [7, 11) is 0. The van der Waals surface area contributed by atoms with Crippen LogP contribution >= 0.6 is 23.1 Å². The van der Waals surface area contributed by atoms with Gasteiger partial charge in [0.25, 0.3) is 0 Å². The van der Waals surface area contributed by atoms with Crippen LogP contribution in [0.5, 0.6) is 0 Å². The second kappa shape index (κ2) is 8.18. The number of carbonyl (C=O) groups is 1. The lowest BCUT2D eigenvalue weighted by molar-refractivity contribution is -0.120. The zero-order valence-corrected chi connectivity index (χ0v) is 15.1. The molecule has 1 amide bonds. The quantitative estimate of drug-likeness (QED) is 0.616. The van der Waals surface area contributed by atoms with Gasteiger partial charge in [0.2, 0.25) is 5.91 Å². The van der Waals surface area contributed by atoms with E-state index in [0.29, 0.717) is 6.54 Å². The van der Waals surface area contributed by atoms with Crippen molar-refractivity contribution in [2.24, 2.45) is 0 Å². The highest BCUT2D eigenvalue weighted by atomic mass is 32.2. The van der Waals surface area contributed by atoms with Crippen LogP contribution in [0.2, 0.25) is 0 Å². The zero-order chi connectivity index (χ0) is 16.8. The van der Waals surface area contributed by atoms with Crippen molar-refractivity contribution in [3.05, 3.63) is 77.0 Å². The Balaban J connectivity index is 1.56. The number of hydrogen-bond acceptors (Lipinski definition) is 3. The van der Waals surface area contributed by atoms with Crippen LogP contribution in [0, 0.1) is 0 Å². The highest BCUT2D eigenvalue weighted by Crippen LogP contribution is 2.27. The van der Waals surface area contributed by atoms with Gasteiger partial charge in [-0.1, -0.05) is 48.5 Å². The molecule has 0 aliphatic carbocycles. The van der Waals surface area contributed by atoms with E-state index in [1.165, 1.54) is 16.0 Å². The molecule has 2 aromatic carbocycles. The molecule has 1 unspecified atom stereocenters. The minimum absolute atomic E-state index is 0.0699. The van der Waals surface area contributed by atoms with Gasteiger partial charge >= 0.3 is 0 Å². The molecule has 24 heavy (non-hydrogen) atoms. The van der Waals surface area contributed by atoms with Crippen LogP contribution in [0.4, 0.5) is 0 Å². The molecule has 2 nitrogen and oxygen atoms in total. The standard InChI is InChI=1S/C20H19NOS2/c1-15(20(22)21-14-19-8-5-13-23-19)24-18-11-9-17(10-12-18)16-6-3-2-4-7-16/h2-13,15H,14H2,1H3,(H,21,22). The van der Waals surface area contributed by atoms with Gasteiger partial charge in [0.15, 0.2) is 0 Å². The number of rotatable bonds is 6. The maximum atomic E-state index is 12.2. The van der Waals surface area contributed by atoms with Crippen molar-refractivity contribution in [2.75, 3.05) is 0 Å². The Bertz CT molecular complexity index is 767. The third-order valence-corrected chi connectivity index (χ3v) is 5.65. The Morgan fingerprint density at radius 1 is 1.00 bits per heavy atom. The molecule has 0 spiro atoms. The molecular formula is C20H19NOS2. The summed E-state index contributed by atoms with van der Waals surface area (Å²) in [4.78, 5) is 14.5. The lowest BCUT2D eigenvalue weighted by Gasteiger charge is -2.12. The Morgan fingerprint density at radius 2 is 1.71 bits per heavy atom. The van der Waals surface area contributed by atoms with E-state index in [1.54, 1.807) is 23.1 Å². The molecule has 122 valence electrons. The van der Waals surface area contributed by atoms with Gasteiger partial charge in [-0.05, 0) is 41.6 Å². The SMILES string of the molecule is CC(Sc1ccc(-c2ccccc2)cc1)C(=O)NCc1cccs1. The summed E-state index contributed by atoms with van der Waals surface area (Å²) >= 11 is 3.24. The summed E-state index contributed by atoms with van der Waals surface area (Å²) in [5, 5.41) is 4.90. The molecule has 0 bridgehead atoms. The van der Waals surface area contributed by atoms with Crippen LogP contribution < -0.4 is 5.32 Å². The largest absolute Gasteiger partial charge is 0.350 e. The van der Waals surface area contributed by atoms with Crippen LogP contribution in [0.3, 0.4) is 0 Å². The number of nitrogens with one attached hydrogen (secondary N) is 1. The van der Waals surface area contributed by atoms with E-state index in [-0.39, 0.29) is 11.2 Å². The summed E-state index contributed by atoms with van der Waals surface area (Å²) in [5.74, 6) is 0.0699. The Labute approximate surface area is 150 Å². The molecule has 1 aromatic heterocycles. The highest BCUT2D eigenvalue weighted by Gasteiger charge is 2.14. The summed E-state index contributed by atoms with van der Waals surface area (Å²) in [6.07, 6.45) is 0. The lowest BCUT2D eigenvalue weighted by atomic mass is 10.1. The Hall–Kier alpha value is -2.04. The number of hydrogen-bond donors (Lipinski definition) is 1. The van der Waals surface area contributed by atoms with E-state index in [1.807, 2.05) is 42.6 Å². The first-order valence-electron chi connectivity index (χ1n) is 7.84. The predicted molar refractivity (Wildman–Crippen MR) is 103 cm³/mol. The normalized spacial score (nSPS) is 11.9. The molecule has 0 radical (unpaired) electrons. The van der Waals surface area contributed by atoms with Crippen molar-refractivity contribution in [3.63, 3.8) is 0 Å².